The summed E-state index contributed by atoms with van der Waals surface area (Å²) in [5.74, 6) is -0.0991. The third kappa shape index (κ3) is 3.23. The van der Waals surface area contributed by atoms with Gasteiger partial charge in [-0.3, -0.25) is 9.20 Å². The molecule has 0 bridgehead atoms. The number of hydrogen-bond acceptors (Lipinski definition) is 5. The molecule has 0 spiro atoms. The maximum Gasteiger partial charge on any atom is 0.337 e. The van der Waals surface area contributed by atoms with Crippen molar-refractivity contribution < 1.29 is 19.1 Å². The van der Waals surface area contributed by atoms with E-state index in [1.807, 2.05) is 13.0 Å². The molecule has 0 saturated heterocycles. The van der Waals surface area contributed by atoms with E-state index < -0.39 is 5.97 Å². The van der Waals surface area contributed by atoms with Crippen molar-refractivity contribution >= 4 is 23.2 Å². The highest BCUT2D eigenvalue weighted by atomic mass is 16.5. The van der Waals surface area contributed by atoms with Gasteiger partial charge in [-0.05, 0) is 50.2 Å². The maximum absolute atomic E-state index is 12.7. The van der Waals surface area contributed by atoms with E-state index in [1.165, 1.54) is 7.11 Å². The van der Waals surface area contributed by atoms with E-state index in [9.17, 15) is 9.59 Å². The molecular weight excluding hydrogens is 334 g/mol. The molecule has 26 heavy (non-hydrogen) atoms. The third-order valence-electron chi connectivity index (χ3n) is 3.87. The standard InChI is InChI=1S/C19H19N3O4/c1-4-26-15-6-5-11-22-16(12(2)20-17(15)22)18(23)21-14-9-7-13(8-10-14)19(24)25-3/h5-11H,4H2,1-3H3,(H,21,23). The zero-order chi connectivity index (χ0) is 18.7. The molecule has 0 unspecified atom stereocenters. The highest BCUT2D eigenvalue weighted by molar-refractivity contribution is 6.04. The molecule has 0 saturated carbocycles. The summed E-state index contributed by atoms with van der Waals surface area (Å²) in [6.45, 7) is 4.18. The Morgan fingerprint density at radius 2 is 1.92 bits per heavy atom. The summed E-state index contributed by atoms with van der Waals surface area (Å²) < 4.78 is 11.9. The molecule has 1 N–H and O–H groups in total. The number of nitrogens with zero attached hydrogens (tertiary/aromatic N) is 2. The summed E-state index contributed by atoms with van der Waals surface area (Å²) >= 11 is 0. The second kappa shape index (κ2) is 7.26. The quantitative estimate of drug-likeness (QED) is 0.713. The van der Waals surface area contributed by atoms with Gasteiger partial charge in [0.2, 0.25) is 0 Å². The highest BCUT2D eigenvalue weighted by Gasteiger charge is 2.19. The Morgan fingerprint density at radius 1 is 1.19 bits per heavy atom. The predicted molar refractivity (Wildman–Crippen MR) is 96.8 cm³/mol. The van der Waals surface area contributed by atoms with Gasteiger partial charge in [0.15, 0.2) is 11.4 Å². The first-order valence-corrected chi connectivity index (χ1v) is 8.15. The fourth-order valence-electron chi connectivity index (χ4n) is 2.70. The molecular formula is C19H19N3O4. The van der Waals surface area contributed by atoms with E-state index >= 15 is 0 Å². The first kappa shape index (κ1) is 17.5. The van der Waals surface area contributed by atoms with Gasteiger partial charge >= 0.3 is 5.97 Å². The minimum atomic E-state index is -0.427. The Morgan fingerprint density at radius 3 is 2.58 bits per heavy atom. The fourth-order valence-corrected chi connectivity index (χ4v) is 2.70. The Labute approximate surface area is 150 Å². The Kier molecular flexibility index (Phi) is 4.88. The number of esters is 1. The van der Waals surface area contributed by atoms with Crippen LogP contribution in [-0.2, 0) is 4.74 Å². The number of anilines is 1. The zero-order valence-corrected chi connectivity index (χ0v) is 14.8. The molecule has 2 aromatic heterocycles. The van der Waals surface area contributed by atoms with Gasteiger partial charge in [0.1, 0.15) is 5.69 Å². The number of hydrogen-bond donors (Lipinski definition) is 1. The van der Waals surface area contributed by atoms with Crippen molar-refractivity contribution in [2.24, 2.45) is 0 Å². The lowest BCUT2D eigenvalue weighted by molar-refractivity contribution is 0.0600. The molecule has 3 aromatic rings. The minimum Gasteiger partial charge on any atom is -0.490 e. The molecule has 2 heterocycles. The number of methoxy groups -OCH3 is 1. The zero-order valence-electron chi connectivity index (χ0n) is 14.8. The summed E-state index contributed by atoms with van der Waals surface area (Å²) in [5, 5.41) is 2.82. The number of nitrogens with one attached hydrogen (secondary N) is 1. The van der Waals surface area contributed by atoms with Crippen LogP contribution in [0.2, 0.25) is 0 Å². The van der Waals surface area contributed by atoms with Crippen molar-refractivity contribution in [3.8, 4) is 5.75 Å². The second-order valence-corrected chi connectivity index (χ2v) is 5.57. The van der Waals surface area contributed by atoms with E-state index in [0.29, 0.717) is 40.6 Å². The normalized spacial score (nSPS) is 10.6. The Hall–Kier alpha value is -3.35. The number of imidazole rings is 1. The molecule has 0 fully saturated rings. The molecule has 1 aromatic carbocycles. The van der Waals surface area contributed by atoms with Crippen LogP contribution in [0.1, 0.15) is 33.5 Å². The molecule has 0 aliphatic rings. The molecule has 1 amide bonds. The van der Waals surface area contributed by atoms with Gasteiger partial charge < -0.3 is 14.8 Å². The van der Waals surface area contributed by atoms with Gasteiger partial charge in [-0.1, -0.05) is 0 Å². The monoisotopic (exact) mass is 353 g/mol. The van der Waals surface area contributed by atoms with E-state index in [2.05, 4.69) is 15.0 Å². The molecule has 134 valence electrons. The van der Waals surface area contributed by atoms with E-state index in [1.54, 1.807) is 47.9 Å². The van der Waals surface area contributed by atoms with Crippen LogP contribution in [0, 0.1) is 6.92 Å². The van der Waals surface area contributed by atoms with Crippen molar-refractivity contribution in [3.05, 3.63) is 59.5 Å². The van der Waals surface area contributed by atoms with Crippen molar-refractivity contribution in [1.82, 2.24) is 9.38 Å². The molecule has 3 rings (SSSR count). The van der Waals surface area contributed by atoms with E-state index in [0.717, 1.165) is 0 Å². The number of rotatable bonds is 5. The number of carbonyl (C=O) groups excluding carboxylic acids is 2. The van der Waals surface area contributed by atoms with Crippen molar-refractivity contribution in [3.63, 3.8) is 0 Å². The topological polar surface area (TPSA) is 81.9 Å². The van der Waals surface area contributed by atoms with Crippen LogP contribution in [0.15, 0.2) is 42.6 Å². The number of amides is 1. The summed E-state index contributed by atoms with van der Waals surface area (Å²) in [5.41, 5.74) is 2.60. The number of ether oxygens (including phenoxy) is 2. The fraction of sp³-hybridized carbons (Fsp3) is 0.211. The average Bonchev–Trinajstić information content (AvgIpc) is 2.99. The van der Waals surface area contributed by atoms with Gasteiger partial charge in [-0.15, -0.1) is 0 Å². The lowest BCUT2D eigenvalue weighted by Crippen LogP contribution is -2.15. The highest BCUT2D eigenvalue weighted by Crippen LogP contribution is 2.23. The largest absolute Gasteiger partial charge is 0.490 e. The predicted octanol–water partition coefficient (Wildman–Crippen LogP) is 3.08. The molecule has 7 nitrogen and oxygen atoms in total. The first-order chi connectivity index (χ1) is 12.5. The van der Waals surface area contributed by atoms with E-state index in [-0.39, 0.29) is 5.91 Å². The Bertz CT molecular complexity index is 961. The summed E-state index contributed by atoms with van der Waals surface area (Å²) in [6, 6.07) is 10.1. The SMILES string of the molecule is CCOc1cccn2c(C(=O)Nc3ccc(C(=O)OC)cc3)c(C)nc12. The lowest BCUT2D eigenvalue weighted by Gasteiger charge is -2.08. The third-order valence-corrected chi connectivity index (χ3v) is 3.87. The summed E-state index contributed by atoms with van der Waals surface area (Å²) in [4.78, 5) is 28.7. The molecule has 0 radical (unpaired) electrons. The van der Waals surface area contributed by atoms with Gasteiger partial charge in [0.05, 0.1) is 25.0 Å². The first-order valence-electron chi connectivity index (χ1n) is 8.15. The van der Waals surface area contributed by atoms with Crippen molar-refractivity contribution in [1.29, 1.82) is 0 Å². The summed E-state index contributed by atoms with van der Waals surface area (Å²) in [6.07, 6.45) is 1.77. The number of carbonyl (C=O) groups is 2. The molecule has 0 atom stereocenters. The van der Waals surface area contributed by atoms with Crippen LogP contribution in [0.5, 0.6) is 5.75 Å². The van der Waals surface area contributed by atoms with Crippen molar-refractivity contribution in [2.75, 3.05) is 19.0 Å². The van der Waals surface area contributed by atoms with Crippen LogP contribution < -0.4 is 10.1 Å². The number of pyridine rings is 1. The van der Waals surface area contributed by atoms with Crippen LogP contribution in [-0.4, -0.2) is 35.0 Å². The molecule has 0 aliphatic heterocycles. The van der Waals surface area contributed by atoms with Crippen LogP contribution in [0.25, 0.3) is 5.65 Å². The maximum atomic E-state index is 12.7. The number of aryl methyl sites for hydroxylation is 1. The number of aromatic nitrogens is 2. The summed E-state index contributed by atoms with van der Waals surface area (Å²) in [7, 11) is 1.32. The second-order valence-electron chi connectivity index (χ2n) is 5.57. The van der Waals surface area contributed by atoms with Gasteiger partial charge in [0.25, 0.3) is 5.91 Å². The lowest BCUT2D eigenvalue weighted by atomic mass is 10.2. The molecule has 7 heteroatoms. The minimum absolute atomic E-state index is 0.297. The average molecular weight is 353 g/mol. The Balaban J connectivity index is 1.89. The van der Waals surface area contributed by atoms with Crippen LogP contribution in [0.3, 0.4) is 0 Å². The van der Waals surface area contributed by atoms with Crippen LogP contribution in [0.4, 0.5) is 5.69 Å². The molecule has 0 aliphatic carbocycles. The number of fused-ring (bicyclic) bond motifs is 1. The van der Waals surface area contributed by atoms with Gasteiger partial charge in [-0.2, -0.15) is 0 Å². The van der Waals surface area contributed by atoms with Gasteiger partial charge in [-0.25, -0.2) is 9.78 Å². The van der Waals surface area contributed by atoms with Crippen molar-refractivity contribution in [2.45, 2.75) is 13.8 Å². The van der Waals surface area contributed by atoms with Crippen LogP contribution >= 0.6 is 0 Å². The van der Waals surface area contributed by atoms with Gasteiger partial charge in [0, 0.05) is 11.9 Å². The number of benzene rings is 1. The van der Waals surface area contributed by atoms with E-state index in [4.69, 9.17) is 4.74 Å². The smallest absolute Gasteiger partial charge is 0.337 e.